The van der Waals surface area contributed by atoms with Gasteiger partial charge in [0, 0.05) is 21.5 Å². The first-order valence-electron chi connectivity index (χ1n) is 6.40. The smallest absolute Gasteiger partial charge is 0.136 e. The number of rotatable bonds is 4. The Bertz CT molecular complexity index is 738. The molecule has 0 saturated heterocycles. The zero-order valence-corrected chi connectivity index (χ0v) is 12.8. The molecule has 106 valence electrons. The third kappa shape index (κ3) is 3.43. The summed E-state index contributed by atoms with van der Waals surface area (Å²) in [6, 6.07) is 14.4. The van der Waals surface area contributed by atoms with E-state index in [1.54, 1.807) is 23.5 Å². The summed E-state index contributed by atoms with van der Waals surface area (Å²) in [5, 5.41) is 3.00. The SMILES string of the molecule is Nc1ccc(-c2csc(CSc3ccccc3F)n2)cc1. The predicted octanol–water partition coefficient (Wildman–Crippen LogP) is 4.82. The number of halogens is 1. The lowest BCUT2D eigenvalue weighted by molar-refractivity contribution is 0.602. The van der Waals surface area contributed by atoms with Crippen LogP contribution in [0.4, 0.5) is 10.1 Å². The van der Waals surface area contributed by atoms with Gasteiger partial charge >= 0.3 is 0 Å². The predicted molar refractivity (Wildman–Crippen MR) is 87.9 cm³/mol. The molecule has 2 aromatic carbocycles. The van der Waals surface area contributed by atoms with Gasteiger partial charge < -0.3 is 5.73 Å². The summed E-state index contributed by atoms with van der Waals surface area (Å²) in [5.41, 5.74) is 8.40. The van der Waals surface area contributed by atoms with Crippen LogP contribution >= 0.6 is 23.1 Å². The molecule has 0 fully saturated rings. The fourth-order valence-electron chi connectivity index (χ4n) is 1.86. The Balaban J connectivity index is 1.71. The standard InChI is InChI=1S/C16H13FN2S2/c17-13-3-1-2-4-15(13)20-10-16-19-14(9-21-16)11-5-7-12(18)8-6-11/h1-9H,10,18H2. The van der Waals surface area contributed by atoms with Crippen LogP contribution < -0.4 is 5.73 Å². The van der Waals surface area contributed by atoms with Crippen molar-refractivity contribution in [1.29, 1.82) is 0 Å². The molecule has 2 N–H and O–H groups in total. The number of benzene rings is 2. The largest absolute Gasteiger partial charge is 0.399 e. The number of aromatic nitrogens is 1. The van der Waals surface area contributed by atoms with E-state index in [1.165, 1.54) is 17.8 Å². The van der Waals surface area contributed by atoms with Crippen molar-refractivity contribution >= 4 is 28.8 Å². The molecule has 1 aromatic heterocycles. The summed E-state index contributed by atoms with van der Waals surface area (Å²) >= 11 is 3.05. The topological polar surface area (TPSA) is 38.9 Å². The molecule has 0 aliphatic heterocycles. The molecule has 0 aliphatic carbocycles. The molecule has 2 nitrogen and oxygen atoms in total. The number of nitrogens with zero attached hydrogens (tertiary/aromatic N) is 1. The highest BCUT2D eigenvalue weighted by molar-refractivity contribution is 7.98. The van der Waals surface area contributed by atoms with E-state index in [9.17, 15) is 4.39 Å². The van der Waals surface area contributed by atoms with Crippen molar-refractivity contribution in [3.05, 3.63) is 64.7 Å². The molecule has 0 unspecified atom stereocenters. The Morgan fingerprint density at radius 3 is 2.62 bits per heavy atom. The molecule has 3 aromatic rings. The molecule has 0 radical (unpaired) electrons. The van der Waals surface area contributed by atoms with Crippen molar-refractivity contribution in [2.75, 3.05) is 5.73 Å². The number of thioether (sulfide) groups is 1. The van der Waals surface area contributed by atoms with Gasteiger partial charge in [0.1, 0.15) is 10.8 Å². The van der Waals surface area contributed by atoms with Crippen molar-refractivity contribution in [3.8, 4) is 11.3 Å². The number of hydrogen-bond acceptors (Lipinski definition) is 4. The first-order chi connectivity index (χ1) is 10.2. The van der Waals surface area contributed by atoms with E-state index < -0.39 is 0 Å². The third-order valence-corrected chi connectivity index (χ3v) is 5.04. The van der Waals surface area contributed by atoms with Crippen LogP contribution in [-0.2, 0) is 5.75 Å². The molecular weight excluding hydrogens is 303 g/mol. The molecule has 0 spiro atoms. The van der Waals surface area contributed by atoms with Crippen LogP contribution in [0.15, 0.2) is 58.8 Å². The molecule has 21 heavy (non-hydrogen) atoms. The van der Waals surface area contributed by atoms with Crippen LogP contribution in [0.2, 0.25) is 0 Å². The van der Waals surface area contributed by atoms with E-state index in [0.29, 0.717) is 10.6 Å². The highest BCUT2D eigenvalue weighted by Gasteiger charge is 2.07. The Morgan fingerprint density at radius 1 is 1.10 bits per heavy atom. The fraction of sp³-hybridized carbons (Fsp3) is 0.0625. The summed E-state index contributed by atoms with van der Waals surface area (Å²) < 4.78 is 13.6. The van der Waals surface area contributed by atoms with Gasteiger partial charge in [0.2, 0.25) is 0 Å². The van der Waals surface area contributed by atoms with Crippen LogP contribution in [-0.4, -0.2) is 4.98 Å². The van der Waals surface area contributed by atoms with Gasteiger partial charge in [-0.2, -0.15) is 0 Å². The van der Waals surface area contributed by atoms with E-state index in [-0.39, 0.29) is 5.82 Å². The molecule has 0 bridgehead atoms. The van der Waals surface area contributed by atoms with E-state index in [0.717, 1.165) is 22.0 Å². The Labute approximate surface area is 130 Å². The number of thiazole rings is 1. The van der Waals surface area contributed by atoms with Crippen molar-refractivity contribution in [2.45, 2.75) is 10.6 Å². The zero-order chi connectivity index (χ0) is 14.7. The van der Waals surface area contributed by atoms with Crippen molar-refractivity contribution in [2.24, 2.45) is 0 Å². The molecule has 0 atom stereocenters. The van der Waals surface area contributed by atoms with E-state index in [4.69, 9.17) is 5.73 Å². The van der Waals surface area contributed by atoms with E-state index in [2.05, 4.69) is 4.98 Å². The minimum absolute atomic E-state index is 0.183. The summed E-state index contributed by atoms with van der Waals surface area (Å²) in [6.45, 7) is 0. The van der Waals surface area contributed by atoms with Crippen LogP contribution in [0.3, 0.4) is 0 Å². The fourth-order valence-corrected chi connectivity index (χ4v) is 3.63. The van der Waals surface area contributed by atoms with Crippen molar-refractivity contribution < 1.29 is 4.39 Å². The molecule has 0 aliphatic rings. The van der Waals surface area contributed by atoms with Gasteiger partial charge in [-0.25, -0.2) is 9.37 Å². The second kappa shape index (κ2) is 6.28. The summed E-state index contributed by atoms with van der Waals surface area (Å²) in [4.78, 5) is 5.24. The lowest BCUT2D eigenvalue weighted by Gasteiger charge is -2.00. The quantitative estimate of drug-likeness (QED) is 0.554. The Hall–Kier alpha value is -1.85. The number of nitrogen functional groups attached to an aromatic ring is 1. The first kappa shape index (κ1) is 14.1. The normalized spacial score (nSPS) is 10.7. The number of hydrogen-bond donors (Lipinski definition) is 1. The minimum atomic E-state index is -0.183. The second-order valence-electron chi connectivity index (χ2n) is 4.47. The Morgan fingerprint density at radius 2 is 1.86 bits per heavy atom. The number of anilines is 1. The molecule has 3 rings (SSSR count). The van der Waals surface area contributed by atoms with Gasteiger partial charge in [0.05, 0.1) is 11.4 Å². The van der Waals surface area contributed by atoms with Gasteiger partial charge in [0.25, 0.3) is 0 Å². The van der Waals surface area contributed by atoms with Gasteiger partial charge in [-0.15, -0.1) is 23.1 Å². The minimum Gasteiger partial charge on any atom is -0.399 e. The van der Waals surface area contributed by atoms with Crippen LogP contribution in [0, 0.1) is 5.82 Å². The summed E-state index contributed by atoms with van der Waals surface area (Å²) in [7, 11) is 0. The molecular formula is C16H13FN2S2. The van der Waals surface area contributed by atoms with E-state index in [1.807, 2.05) is 35.7 Å². The maximum atomic E-state index is 13.6. The highest BCUT2D eigenvalue weighted by atomic mass is 32.2. The lowest BCUT2D eigenvalue weighted by Crippen LogP contribution is -1.85. The Kier molecular flexibility index (Phi) is 4.22. The monoisotopic (exact) mass is 316 g/mol. The van der Waals surface area contributed by atoms with Crippen LogP contribution in [0.5, 0.6) is 0 Å². The van der Waals surface area contributed by atoms with Crippen LogP contribution in [0.25, 0.3) is 11.3 Å². The molecule has 5 heteroatoms. The molecule has 0 amide bonds. The van der Waals surface area contributed by atoms with Gasteiger partial charge in [-0.3, -0.25) is 0 Å². The van der Waals surface area contributed by atoms with Crippen molar-refractivity contribution in [1.82, 2.24) is 4.98 Å². The molecule has 0 saturated carbocycles. The third-order valence-electron chi connectivity index (χ3n) is 2.95. The zero-order valence-electron chi connectivity index (χ0n) is 11.1. The second-order valence-corrected chi connectivity index (χ2v) is 6.43. The highest BCUT2D eigenvalue weighted by Crippen LogP contribution is 2.29. The van der Waals surface area contributed by atoms with Gasteiger partial charge in [-0.1, -0.05) is 24.3 Å². The summed E-state index contributed by atoms with van der Waals surface area (Å²) in [6.07, 6.45) is 0. The number of nitrogens with two attached hydrogens (primary N) is 1. The lowest BCUT2D eigenvalue weighted by atomic mass is 10.1. The first-order valence-corrected chi connectivity index (χ1v) is 8.26. The average Bonchev–Trinajstić information content (AvgIpc) is 2.96. The van der Waals surface area contributed by atoms with Crippen LogP contribution in [0.1, 0.15) is 5.01 Å². The average molecular weight is 316 g/mol. The molecule has 1 heterocycles. The maximum absolute atomic E-state index is 13.6. The van der Waals surface area contributed by atoms with E-state index >= 15 is 0 Å². The van der Waals surface area contributed by atoms with Gasteiger partial charge in [0.15, 0.2) is 0 Å². The maximum Gasteiger partial charge on any atom is 0.136 e. The summed E-state index contributed by atoms with van der Waals surface area (Å²) in [5.74, 6) is 0.485. The van der Waals surface area contributed by atoms with Gasteiger partial charge in [-0.05, 0) is 24.3 Å². The van der Waals surface area contributed by atoms with Crippen molar-refractivity contribution in [3.63, 3.8) is 0 Å².